The van der Waals surface area contributed by atoms with Crippen LogP contribution in [0.15, 0.2) is 83.7 Å². The van der Waals surface area contributed by atoms with Gasteiger partial charge in [-0.15, -0.1) is 10.2 Å². The topological polar surface area (TPSA) is 121 Å². The van der Waals surface area contributed by atoms with Gasteiger partial charge in [-0.1, -0.05) is 92.2 Å². The van der Waals surface area contributed by atoms with E-state index in [9.17, 15) is 9.59 Å². The first-order valence-corrected chi connectivity index (χ1v) is 12.8. The van der Waals surface area contributed by atoms with E-state index in [1.807, 2.05) is 66.7 Å². The van der Waals surface area contributed by atoms with Crippen LogP contribution in [-0.2, 0) is 22.5 Å². The van der Waals surface area contributed by atoms with Crippen molar-refractivity contribution in [2.45, 2.75) is 38.8 Å². The highest BCUT2D eigenvalue weighted by atomic mass is 16.5. The third-order valence-electron chi connectivity index (χ3n) is 6.62. The first-order chi connectivity index (χ1) is 19.1. The van der Waals surface area contributed by atoms with Crippen molar-refractivity contribution < 1.29 is 9.53 Å². The molecule has 0 saturated carbocycles. The van der Waals surface area contributed by atoms with Gasteiger partial charge in [0.25, 0.3) is 0 Å². The van der Waals surface area contributed by atoms with Crippen LogP contribution in [0.5, 0.6) is 0 Å². The average molecular weight is 524 g/mol. The molecule has 5 aromatic rings. The van der Waals surface area contributed by atoms with E-state index in [1.165, 1.54) is 11.8 Å². The summed E-state index contributed by atoms with van der Waals surface area (Å²) in [5.41, 5.74) is 4.05. The van der Waals surface area contributed by atoms with Crippen LogP contribution in [0, 0.1) is 0 Å². The minimum Gasteiger partial charge on any atom is -0.467 e. The van der Waals surface area contributed by atoms with Crippen LogP contribution < -0.4 is 5.69 Å². The zero-order valence-corrected chi connectivity index (χ0v) is 21.8. The summed E-state index contributed by atoms with van der Waals surface area (Å²) < 4.78 is 7.95. The van der Waals surface area contributed by atoms with Gasteiger partial charge in [-0.05, 0) is 33.9 Å². The van der Waals surface area contributed by atoms with Crippen LogP contribution in [0.4, 0.5) is 0 Å². The van der Waals surface area contributed by atoms with Gasteiger partial charge in [-0.25, -0.2) is 9.59 Å². The summed E-state index contributed by atoms with van der Waals surface area (Å²) in [5.74, 6) is 0.616. The molecule has 0 aliphatic heterocycles. The Balaban J connectivity index is 1.49. The number of unbranched alkanes of at least 4 members (excludes halogenated alkanes) is 1. The van der Waals surface area contributed by atoms with E-state index >= 15 is 0 Å². The van der Waals surface area contributed by atoms with Crippen LogP contribution in [0.25, 0.3) is 22.5 Å². The smallest absolute Gasteiger partial charge is 0.347 e. The van der Waals surface area contributed by atoms with E-state index in [-0.39, 0.29) is 5.69 Å². The monoisotopic (exact) mass is 523 g/mol. The number of tetrazole rings is 1. The molecule has 1 N–H and O–H groups in total. The number of H-pyrrole nitrogens is 1. The molecule has 10 nitrogen and oxygen atoms in total. The molecular weight excluding hydrogens is 494 g/mol. The highest BCUT2D eigenvalue weighted by molar-refractivity contribution is 5.80. The molecule has 198 valence electrons. The van der Waals surface area contributed by atoms with Crippen LogP contribution in [-0.4, -0.2) is 48.1 Å². The first-order valence-electron chi connectivity index (χ1n) is 12.8. The van der Waals surface area contributed by atoms with E-state index < -0.39 is 12.0 Å². The van der Waals surface area contributed by atoms with E-state index in [0.717, 1.165) is 35.1 Å². The number of carbonyl (C=O) groups is 1. The number of methoxy groups -OCH3 is 1. The van der Waals surface area contributed by atoms with Gasteiger partial charge in [0.2, 0.25) is 5.82 Å². The fraction of sp³-hybridized carbons (Fsp3) is 0.241. The number of ether oxygens (including phenoxy) is 1. The third kappa shape index (κ3) is 5.40. The molecule has 0 radical (unpaired) electrons. The fourth-order valence-electron chi connectivity index (χ4n) is 4.60. The van der Waals surface area contributed by atoms with Gasteiger partial charge in [0.1, 0.15) is 5.82 Å². The second-order valence-electron chi connectivity index (χ2n) is 9.15. The molecule has 2 heterocycles. The molecule has 1 atom stereocenters. The van der Waals surface area contributed by atoms with Crippen molar-refractivity contribution in [2.75, 3.05) is 7.11 Å². The number of aromatic nitrogens is 7. The number of hydrogen-bond donors (Lipinski definition) is 1. The predicted molar refractivity (Wildman–Crippen MR) is 146 cm³/mol. The van der Waals surface area contributed by atoms with Crippen molar-refractivity contribution in [1.82, 2.24) is 35.0 Å². The molecule has 2 aromatic heterocycles. The molecule has 0 aliphatic carbocycles. The lowest BCUT2D eigenvalue weighted by molar-refractivity contribution is -0.143. The van der Waals surface area contributed by atoms with Crippen molar-refractivity contribution in [2.24, 2.45) is 0 Å². The van der Waals surface area contributed by atoms with Gasteiger partial charge >= 0.3 is 11.7 Å². The second-order valence-corrected chi connectivity index (χ2v) is 9.15. The van der Waals surface area contributed by atoms with Crippen LogP contribution >= 0.6 is 0 Å². The van der Waals surface area contributed by atoms with Crippen molar-refractivity contribution in [3.8, 4) is 22.5 Å². The number of aromatic amines is 1. The van der Waals surface area contributed by atoms with E-state index in [1.54, 1.807) is 16.7 Å². The number of rotatable bonds is 10. The van der Waals surface area contributed by atoms with Gasteiger partial charge in [-0.3, -0.25) is 4.57 Å². The minimum absolute atomic E-state index is 0.327. The van der Waals surface area contributed by atoms with E-state index in [2.05, 4.69) is 32.6 Å². The second kappa shape index (κ2) is 11.7. The molecule has 5 rings (SSSR count). The molecular formula is C29H29N7O3. The van der Waals surface area contributed by atoms with Crippen molar-refractivity contribution in [1.29, 1.82) is 0 Å². The molecule has 1 unspecified atom stereocenters. The number of carbonyl (C=O) groups excluding carboxylic acids is 1. The van der Waals surface area contributed by atoms with Gasteiger partial charge < -0.3 is 4.74 Å². The Bertz CT molecular complexity index is 1590. The highest BCUT2D eigenvalue weighted by Gasteiger charge is 2.29. The van der Waals surface area contributed by atoms with E-state index in [0.29, 0.717) is 30.2 Å². The van der Waals surface area contributed by atoms with Gasteiger partial charge in [0.15, 0.2) is 6.04 Å². The number of hydrogen-bond acceptors (Lipinski definition) is 7. The maximum absolute atomic E-state index is 13.7. The summed E-state index contributed by atoms with van der Waals surface area (Å²) in [7, 11) is 1.32. The lowest BCUT2D eigenvalue weighted by atomic mass is 9.98. The summed E-state index contributed by atoms with van der Waals surface area (Å²) in [6.07, 6.45) is 2.45. The zero-order chi connectivity index (χ0) is 27.2. The molecule has 39 heavy (non-hydrogen) atoms. The molecule has 3 aromatic carbocycles. The normalized spacial score (nSPS) is 11.8. The quantitative estimate of drug-likeness (QED) is 0.274. The van der Waals surface area contributed by atoms with Crippen LogP contribution in [0.1, 0.15) is 42.8 Å². The molecule has 0 fully saturated rings. The number of nitrogens with zero attached hydrogens (tertiary/aromatic N) is 6. The maximum Gasteiger partial charge on any atom is 0.347 e. The first kappa shape index (κ1) is 25.8. The number of benzene rings is 3. The predicted octanol–water partition coefficient (Wildman–Crippen LogP) is 4.05. The maximum atomic E-state index is 13.7. The molecule has 0 spiro atoms. The molecule has 0 amide bonds. The summed E-state index contributed by atoms with van der Waals surface area (Å²) >= 11 is 0. The van der Waals surface area contributed by atoms with Gasteiger partial charge in [0.05, 0.1) is 13.7 Å². The third-order valence-corrected chi connectivity index (χ3v) is 6.62. The Labute approximate surface area is 225 Å². The largest absolute Gasteiger partial charge is 0.467 e. The number of esters is 1. The lowest BCUT2D eigenvalue weighted by Gasteiger charge is -2.14. The Hall–Kier alpha value is -4.86. The molecule has 0 aliphatic rings. The zero-order valence-electron chi connectivity index (χ0n) is 21.8. The average Bonchev–Trinajstić information content (AvgIpc) is 3.62. The van der Waals surface area contributed by atoms with Gasteiger partial charge in [-0.2, -0.15) is 15.0 Å². The van der Waals surface area contributed by atoms with Crippen molar-refractivity contribution in [3.05, 3.63) is 106 Å². The summed E-state index contributed by atoms with van der Waals surface area (Å²) in [6, 6.07) is 24.0. The Morgan fingerprint density at radius 1 is 0.974 bits per heavy atom. The SMILES string of the molecule is CCCCc1nn(C(C(=O)OC)c2ccccc2)c(=O)n1Cc1ccc(-c2ccccc2-c2nn[nH]n2)cc1. The Kier molecular flexibility index (Phi) is 7.72. The standard InChI is InChI=1S/C29H29N7O3/c1-3-4-14-25-32-36(26(28(37)39-2)22-10-6-5-7-11-22)29(38)35(25)19-20-15-17-21(18-16-20)23-12-8-9-13-24(23)27-30-33-34-31-27/h5-13,15-18,26H,3-4,14,19H2,1-2H3,(H,30,31,33,34). The Morgan fingerprint density at radius 3 is 2.36 bits per heavy atom. The summed E-state index contributed by atoms with van der Waals surface area (Å²) in [5, 5.41) is 19.1. The minimum atomic E-state index is -0.964. The molecule has 0 bridgehead atoms. The Morgan fingerprint density at radius 2 is 1.69 bits per heavy atom. The molecule has 0 saturated heterocycles. The fourth-order valence-corrected chi connectivity index (χ4v) is 4.60. The van der Waals surface area contributed by atoms with Crippen molar-refractivity contribution >= 4 is 5.97 Å². The molecule has 10 heteroatoms. The van der Waals surface area contributed by atoms with E-state index in [4.69, 9.17) is 4.74 Å². The number of nitrogens with one attached hydrogen (secondary N) is 1. The summed E-state index contributed by atoms with van der Waals surface area (Å²) in [6.45, 7) is 2.42. The number of aryl methyl sites for hydroxylation is 1. The highest BCUT2D eigenvalue weighted by Crippen LogP contribution is 2.30. The van der Waals surface area contributed by atoms with Crippen LogP contribution in [0.3, 0.4) is 0 Å². The van der Waals surface area contributed by atoms with Crippen LogP contribution in [0.2, 0.25) is 0 Å². The van der Waals surface area contributed by atoms with Crippen molar-refractivity contribution in [3.63, 3.8) is 0 Å². The van der Waals surface area contributed by atoms with Gasteiger partial charge in [0, 0.05) is 12.0 Å². The lowest BCUT2D eigenvalue weighted by Crippen LogP contribution is -2.33. The summed E-state index contributed by atoms with van der Waals surface area (Å²) in [4.78, 5) is 26.5.